The van der Waals surface area contributed by atoms with Crippen molar-refractivity contribution in [2.75, 3.05) is 12.4 Å². The summed E-state index contributed by atoms with van der Waals surface area (Å²) in [6.45, 7) is 4.37. The molecule has 21 heavy (non-hydrogen) atoms. The third-order valence-corrected chi connectivity index (χ3v) is 4.05. The van der Waals surface area contributed by atoms with Crippen LogP contribution in [0, 0.1) is 0 Å². The summed E-state index contributed by atoms with van der Waals surface area (Å²) >= 11 is 3.50. The number of hydrogen-bond donors (Lipinski definition) is 1. The molecule has 0 amide bonds. The number of benzene rings is 2. The van der Waals surface area contributed by atoms with Crippen LogP contribution in [0.3, 0.4) is 0 Å². The maximum atomic E-state index is 5.40. The van der Waals surface area contributed by atoms with E-state index in [9.17, 15) is 0 Å². The fraction of sp³-hybridized carbons (Fsp3) is 0.333. The Balaban J connectivity index is 2.13. The van der Waals surface area contributed by atoms with Crippen molar-refractivity contribution in [1.82, 2.24) is 0 Å². The van der Waals surface area contributed by atoms with Gasteiger partial charge in [0.15, 0.2) is 0 Å². The van der Waals surface area contributed by atoms with E-state index in [0.29, 0.717) is 0 Å². The lowest BCUT2D eigenvalue weighted by molar-refractivity contribution is 0.416. The molecule has 0 spiro atoms. The molecule has 0 saturated heterocycles. The third kappa shape index (κ3) is 4.24. The van der Waals surface area contributed by atoms with Crippen LogP contribution in [-0.2, 0) is 6.42 Å². The lowest BCUT2D eigenvalue weighted by atomic mass is 10.0. The highest BCUT2D eigenvalue weighted by molar-refractivity contribution is 9.10. The number of anilines is 1. The molecule has 0 aromatic heterocycles. The molecular formula is C18H22BrNO. The second-order valence-corrected chi connectivity index (χ2v) is 6.12. The van der Waals surface area contributed by atoms with Crippen LogP contribution in [0.4, 0.5) is 5.69 Å². The molecule has 0 fully saturated rings. The summed E-state index contributed by atoms with van der Waals surface area (Å²) in [5.41, 5.74) is 3.67. The zero-order valence-corrected chi connectivity index (χ0v) is 14.4. The van der Waals surface area contributed by atoms with Gasteiger partial charge < -0.3 is 10.1 Å². The van der Waals surface area contributed by atoms with Crippen molar-refractivity contribution in [3.05, 3.63) is 58.1 Å². The van der Waals surface area contributed by atoms with Crippen LogP contribution < -0.4 is 10.1 Å². The van der Waals surface area contributed by atoms with E-state index in [1.165, 1.54) is 17.5 Å². The second kappa shape index (κ2) is 7.51. The number of nitrogens with one attached hydrogen (secondary N) is 1. The maximum Gasteiger partial charge on any atom is 0.142 e. The lowest BCUT2D eigenvalue weighted by Gasteiger charge is -2.18. The Labute approximate surface area is 135 Å². The fourth-order valence-electron chi connectivity index (χ4n) is 2.37. The summed E-state index contributed by atoms with van der Waals surface area (Å²) in [7, 11) is 1.69. The van der Waals surface area contributed by atoms with Crippen molar-refractivity contribution in [1.29, 1.82) is 0 Å². The summed E-state index contributed by atoms with van der Waals surface area (Å²) in [6.07, 6.45) is 2.32. The largest absolute Gasteiger partial charge is 0.495 e. The van der Waals surface area contributed by atoms with Crippen molar-refractivity contribution in [3.63, 3.8) is 0 Å². The summed E-state index contributed by atoms with van der Waals surface area (Å²) in [4.78, 5) is 0. The minimum Gasteiger partial charge on any atom is -0.495 e. The number of aryl methyl sites for hydroxylation is 1. The molecule has 0 saturated carbocycles. The minimum atomic E-state index is 0.226. The topological polar surface area (TPSA) is 21.3 Å². The fourth-order valence-corrected chi connectivity index (χ4v) is 2.73. The molecule has 1 unspecified atom stereocenters. The third-order valence-electron chi connectivity index (χ3n) is 3.55. The highest BCUT2D eigenvalue weighted by Crippen LogP contribution is 2.31. The van der Waals surface area contributed by atoms with E-state index < -0.39 is 0 Å². The lowest BCUT2D eigenvalue weighted by Crippen LogP contribution is -2.07. The molecule has 2 nitrogen and oxygen atoms in total. The summed E-state index contributed by atoms with van der Waals surface area (Å²) in [5.74, 6) is 0.854. The molecule has 2 rings (SSSR count). The van der Waals surface area contributed by atoms with Crippen LogP contribution in [0.15, 0.2) is 46.9 Å². The molecular weight excluding hydrogens is 326 g/mol. The normalized spacial score (nSPS) is 12.0. The van der Waals surface area contributed by atoms with Gasteiger partial charge in [0, 0.05) is 10.5 Å². The van der Waals surface area contributed by atoms with Gasteiger partial charge in [-0.2, -0.15) is 0 Å². The number of rotatable bonds is 6. The Hall–Kier alpha value is -1.48. The molecule has 0 bridgehead atoms. The van der Waals surface area contributed by atoms with Crippen molar-refractivity contribution in [2.24, 2.45) is 0 Å². The molecule has 112 valence electrons. The van der Waals surface area contributed by atoms with Crippen LogP contribution in [-0.4, -0.2) is 7.11 Å². The van der Waals surface area contributed by atoms with Gasteiger partial charge in [0.05, 0.1) is 12.8 Å². The number of ether oxygens (including phenoxy) is 1. The van der Waals surface area contributed by atoms with Gasteiger partial charge in [0.25, 0.3) is 0 Å². The quantitative estimate of drug-likeness (QED) is 0.735. The SMILES string of the molecule is CCCc1ccc(C(C)Nc2cc(Br)ccc2OC)cc1. The first-order valence-corrected chi connectivity index (χ1v) is 8.12. The monoisotopic (exact) mass is 347 g/mol. The van der Waals surface area contributed by atoms with E-state index in [4.69, 9.17) is 4.74 Å². The molecule has 0 aliphatic heterocycles. The molecule has 1 atom stereocenters. The van der Waals surface area contributed by atoms with Crippen molar-refractivity contribution >= 4 is 21.6 Å². The molecule has 3 heteroatoms. The Morgan fingerprint density at radius 2 is 1.86 bits per heavy atom. The second-order valence-electron chi connectivity index (χ2n) is 5.20. The Morgan fingerprint density at radius 1 is 1.14 bits per heavy atom. The van der Waals surface area contributed by atoms with E-state index in [0.717, 1.165) is 22.3 Å². The number of methoxy groups -OCH3 is 1. The smallest absolute Gasteiger partial charge is 0.142 e. The zero-order chi connectivity index (χ0) is 15.2. The predicted molar refractivity (Wildman–Crippen MR) is 93.2 cm³/mol. The van der Waals surface area contributed by atoms with E-state index in [-0.39, 0.29) is 6.04 Å². The molecule has 2 aromatic rings. The van der Waals surface area contributed by atoms with Crippen LogP contribution in [0.1, 0.15) is 37.4 Å². The highest BCUT2D eigenvalue weighted by Gasteiger charge is 2.09. The Kier molecular flexibility index (Phi) is 5.68. The summed E-state index contributed by atoms with van der Waals surface area (Å²) in [5, 5.41) is 3.51. The molecule has 0 radical (unpaired) electrons. The predicted octanol–water partition coefficient (Wildman–Crippen LogP) is 5.58. The average molecular weight is 348 g/mol. The van der Waals surface area contributed by atoms with Gasteiger partial charge >= 0.3 is 0 Å². The van der Waals surface area contributed by atoms with Crippen LogP contribution in [0.2, 0.25) is 0 Å². The zero-order valence-electron chi connectivity index (χ0n) is 12.8. The summed E-state index contributed by atoms with van der Waals surface area (Å²) < 4.78 is 6.44. The van der Waals surface area contributed by atoms with Crippen molar-refractivity contribution in [2.45, 2.75) is 32.7 Å². The van der Waals surface area contributed by atoms with Crippen LogP contribution in [0.5, 0.6) is 5.75 Å². The van der Waals surface area contributed by atoms with Crippen molar-refractivity contribution in [3.8, 4) is 5.75 Å². The minimum absolute atomic E-state index is 0.226. The van der Waals surface area contributed by atoms with Gasteiger partial charge in [-0.25, -0.2) is 0 Å². The first-order chi connectivity index (χ1) is 10.1. The first kappa shape index (κ1) is 15.9. The van der Waals surface area contributed by atoms with Gasteiger partial charge in [0.2, 0.25) is 0 Å². The molecule has 0 aliphatic rings. The summed E-state index contributed by atoms with van der Waals surface area (Å²) in [6, 6.07) is 15.0. The van der Waals surface area contributed by atoms with Gasteiger partial charge in [-0.05, 0) is 42.7 Å². The molecule has 0 aliphatic carbocycles. The van der Waals surface area contributed by atoms with Gasteiger partial charge in [-0.15, -0.1) is 0 Å². The van der Waals surface area contributed by atoms with E-state index in [1.807, 2.05) is 18.2 Å². The van der Waals surface area contributed by atoms with E-state index >= 15 is 0 Å². The maximum absolute atomic E-state index is 5.40. The Bertz CT molecular complexity index is 580. The van der Waals surface area contributed by atoms with Gasteiger partial charge in [-0.3, -0.25) is 0 Å². The van der Waals surface area contributed by atoms with E-state index in [1.54, 1.807) is 7.11 Å². The molecule has 1 N–H and O–H groups in total. The first-order valence-electron chi connectivity index (χ1n) is 7.33. The number of halogens is 1. The van der Waals surface area contributed by atoms with Crippen LogP contribution >= 0.6 is 15.9 Å². The van der Waals surface area contributed by atoms with E-state index in [2.05, 4.69) is 59.4 Å². The standard InChI is InChI=1S/C18H22BrNO/c1-4-5-14-6-8-15(9-7-14)13(2)20-17-12-16(19)10-11-18(17)21-3/h6-13,20H,4-5H2,1-3H3. The number of hydrogen-bond acceptors (Lipinski definition) is 2. The highest BCUT2D eigenvalue weighted by atomic mass is 79.9. The average Bonchev–Trinajstić information content (AvgIpc) is 2.48. The molecule has 2 aromatic carbocycles. The van der Waals surface area contributed by atoms with Crippen LogP contribution in [0.25, 0.3) is 0 Å². The van der Waals surface area contributed by atoms with Gasteiger partial charge in [0.1, 0.15) is 5.75 Å². The van der Waals surface area contributed by atoms with Gasteiger partial charge in [-0.1, -0.05) is 53.5 Å². The Morgan fingerprint density at radius 3 is 2.48 bits per heavy atom. The molecule has 0 heterocycles. The van der Waals surface area contributed by atoms with Crippen molar-refractivity contribution < 1.29 is 4.74 Å².